The predicted molar refractivity (Wildman–Crippen MR) is 111 cm³/mol. The molecule has 0 aromatic heterocycles. The van der Waals surface area contributed by atoms with Gasteiger partial charge in [-0.05, 0) is 61.0 Å². The number of aryl methyl sites for hydroxylation is 1. The molecule has 1 amide bonds. The molecule has 0 atom stereocenters. The largest absolute Gasteiger partial charge is 0.322 e. The second-order valence-corrected chi connectivity index (χ2v) is 7.81. The normalized spacial score (nSPS) is 10.7. The summed E-state index contributed by atoms with van der Waals surface area (Å²) in [5.74, 6) is 2.15. The van der Waals surface area contributed by atoms with Crippen molar-refractivity contribution in [3.05, 3.63) is 89.5 Å². The Morgan fingerprint density at radius 1 is 0.964 bits per heavy atom. The number of sulfonamides is 1. The fourth-order valence-corrected chi connectivity index (χ4v) is 3.70. The van der Waals surface area contributed by atoms with Crippen LogP contribution in [0, 0.1) is 19.3 Å². The van der Waals surface area contributed by atoms with Crippen molar-refractivity contribution < 1.29 is 13.2 Å². The zero-order valence-corrected chi connectivity index (χ0v) is 16.0. The van der Waals surface area contributed by atoms with Crippen molar-refractivity contribution in [2.75, 3.05) is 10.0 Å². The molecule has 3 aromatic rings. The molecule has 0 radical (unpaired) electrons. The second-order valence-electron chi connectivity index (χ2n) is 6.12. The van der Waals surface area contributed by atoms with Crippen LogP contribution < -0.4 is 10.0 Å². The SMILES string of the molecule is C#Cc1cccc(NC(=O)c2ccc(S(=O)(=O)Nc3ccccc3C)cc2)c1. The fraction of sp³-hybridized carbons (Fsp3) is 0.0455. The summed E-state index contributed by atoms with van der Waals surface area (Å²) in [6.07, 6.45) is 5.36. The van der Waals surface area contributed by atoms with Gasteiger partial charge in [0.15, 0.2) is 0 Å². The van der Waals surface area contributed by atoms with Gasteiger partial charge in [-0.2, -0.15) is 0 Å². The Morgan fingerprint density at radius 3 is 2.36 bits per heavy atom. The maximum Gasteiger partial charge on any atom is 0.261 e. The van der Waals surface area contributed by atoms with E-state index in [0.29, 0.717) is 22.5 Å². The van der Waals surface area contributed by atoms with Gasteiger partial charge in [0.25, 0.3) is 15.9 Å². The summed E-state index contributed by atoms with van der Waals surface area (Å²) in [4.78, 5) is 12.5. The molecular weight excluding hydrogens is 372 g/mol. The number of carbonyl (C=O) groups is 1. The number of terminal acetylenes is 1. The highest BCUT2D eigenvalue weighted by molar-refractivity contribution is 7.92. The van der Waals surface area contributed by atoms with Gasteiger partial charge in [0, 0.05) is 16.8 Å². The van der Waals surface area contributed by atoms with Crippen LogP contribution in [0.5, 0.6) is 0 Å². The highest BCUT2D eigenvalue weighted by atomic mass is 32.2. The number of hydrogen-bond donors (Lipinski definition) is 2. The highest BCUT2D eigenvalue weighted by Gasteiger charge is 2.16. The Morgan fingerprint density at radius 2 is 1.68 bits per heavy atom. The van der Waals surface area contributed by atoms with Gasteiger partial charge >= 0.3 is 0 Å². The third-order valence-electron chi connectivity index (χ3n) is 4.10. The summed E-state index contributed by atoms with van der Waals surface area (Å²) >= 11 is 0. The van der Waals surface area contributed by atoms with Gasteiger partial charge in [0.05, 0.1) is 10.6 Å². The molecule has 3 aromatic carbocycles. The minimum absolute atomic E-state index is 0.0710. The van der Waals surface area contributed by atoms with Gasteiger partial charge in [-0.25, -0.2) is 8.42 Å². The van der Waals surface area contributed by atoms with Crippen molar-refractivity contribution in [2.24, 2.45) is 0 Å². The van der Waals surface area contributed by atoms with Crippen LogP contribution in [0.15, 0.2) is 77.7 Å². The molecule has 0 fully saturated rings. The summed E-state index contributed by atoms with van der Waals surface area (Å²) in [5.41, 5.74) is 2.88. The topological polar surface area (TPSA) is 75.3 Å². The van der Waals surface area contributed by atoms with Gasteiger partial charge in [0.2, 0.25) is 0 Å². The quantitative estimate of drug-likeness (QED) is 0.646. The monoisotopic (exact) mass is 390 g/mol. The van der Waals surface area contributed by atoms with Crippen LogP contribution in [-0.2, 0) is 10.0 Å². The van der Waals surface area contributed by atoms with Crippen molar-refractivity contribution in [3.63, 3.8) is 0 Å². The first kappa shape index (κ1) is 19.2. The van der Waals surface area contributed by atoms with Gasteiger partial charge in [-0.15, -0.1) is 6.42 Å². The summed E-state index contributed by atoms with van der Waals surface area (Å²) in [6.45, 7) is 1.82. The number of benzene rings is 3. The van der Waals surface area contributed by atoms with E-state index in [1.54, 1.807) is 36.4 Å². The standard InChI is InChI=1S/C22H18N2O3S/c1-3-17-8-6-9-19(15-17)23-22(25)18-11-13-20(14-12-18)28(26,27)24-21-10-5-4-7-16(21)2/h1,4-15,24H,2H3,(H,23,25). The summed E-state index contributed by atoms with van der Waals surface area (Å²) in [7, 11) is -3.75. The number of amides is 1. The molecule has 0 spiro atoms. The van der Waals surface area contributed by atoms with E-state index < -0.39 is 10.0 Å². The van der Waals surface area contributed by atoms with Crippen LogP contribution in [0.4, 0.5) is 11.4 Å². The lowest BCUT2D eigenvalue weighted by Gasteiger charge is -2.11. The van der Waals surface area contributed by atoms with Crippen molar-refractivity contribution in [1.29, 1.82) is 0 Å². The number of rotatable bonds is 5. The van der Waals surface area contributed by atoms with Gasteiger partial charge in [0.1, 0.15) is 0 Å². The molecule has 0 aliphatic rings. The average molecular weight is 390 g/mol. The van der Waals surface area contributed by atoms with E-state index in [0.717, 1.165) is 5.56 Å². The Balaban J connectivity index is 1.76. The smallest absolute Gasteiger partial charge is 0.261 e. The molecule has 0 aliphatic heterocycles. The third-order valence-corrected chi connectivity index (χ3v) is 5.48. The lowest BCUT2D eigenvalue weighted by atomic mass is 10.2. The number of anilines is 2. The zero-order valence-electron chi connectivity index (χ0n) is 15.1. The van der Waals surface area contributed by atoms with Crippen molar-refractivity contribution in [3.8, 4) is 12.3 Å². The fourth-order valence-electron chi connectivity index (χ4n) is 2.57. The maximum atomic E-state index is 12.6. The summed E-state index contributed by atoms with van der Waals surface area (Å²) in [6, 6.07) is 19.7. The van der Waals surface area contributed by atoms with Gasteiger partial charge < -0.3 is 5.32 Å². The molecular formula is C22H18N2O3S. The van der Waals surface area contributed by atoms with E-state index in [4.69, 9.17) is 6.42 Å². The van der Waals surface area contributed by atoms with Crippen molar-refractivity contribution >= 4 is 27.3 Å². The molecule has 0 unspecified atom stereocenters. The minimum Gasteiger partial charge on any atom is -0.322 e. The Bertz CT molecular complexity index is 1160. The van der Waals surface area contributed by atoms with Crippen molar-refractivity contribution in [1.82, 2.24) is 0 Å². The molecule has 3 rings (SSSR count). The number of nitrogens with one attached hydrogen (secondary N) is 2. The van der Waals surface area contributed by atoms with E-state index >= 15 is 0 Å². The molecule has 0 saturated carbocycles. The number of carbonyl (C=O) groups excluding carboxylic acids is 1. The lowest BCUT2D eigenvalue weighted by molar-refractivity contribution is 0.102. The zero-order chi connectivity index (χ0) is 20.1. The second kappa shape index (κ2) is 7.99. The van der Waals surface area contributed by atoms with Crippen LogP contribution in [0.25, 0.3) is 0 Å². The third kappa shape index (κ3) is 4.40. The highest BCUT2D eigenvalue weighted by Crippen LogP contribution is 2.20. The predicted octanol–water partition coefficient (Wildman–Crippen LogP) is 4.03. The van der Waals surface area contributed by atoms with Crippen LogP contribution in [0.3, 0.4) is 0 Å². The van der Waals surface area contributed by atoms with Crippen LogP contribution in [0.2, 0.25) is 0 Å². The summed E-state index contributed by atoms with van der Waals surface area (Å²) in [5, 5.41) is 2.74. The van der Waals surface area contributed by atoms with E-state index in [1.807, 2.05) is 19.1 Å². The van der Waals surface area contributed by atoms with E-state index in [9.17, 15) is 13.2 Å². The average Bonchev–Trinajstić information content (AvgIpc) is 2.70. The number of para-hydroxylation sites is 1. The summed E-state index contributed by atoms with van der Waals surface area (Å²) < 4.78 is 27.7. The Hall–Kier alpha value is -3.56. The Labute approximate surface area is 164 Å². The molecule has 0 bridgehead atoms. The first-order valence-electron chi connectivity index (χ1n) is 8.45. The van der Waals surface area contributed by atoms with Crippen LogP contribution in [-0.4, -0.2) is 14.3 Å². The molecule has 5 nitrogen and oxygen atoms in total. The first-order chi connectivity index (χ1) is 13.4. The van der Waals surface area contributed by atoms with Gasteiger partial charge in [-0.1, -0.05) is 30.2 Å². The molecule has 0 heterocycles. The van der Waals surface area contributed by atoms with E-state index in [-0.39, 0.29) is 10.8 Å². The minimum atomic E-state index is -3.75. The van der Waals surface area contributed by atoms with E-state index in [2.05, 4.69) is 16.0 Å². The first-order valence-corrected chi connectivity index (χ1v) is 9.94. The molecule has 140 valence electrons. The molecule has 28 heavy (non-hydrogen) atoms. The van der Waals surface area contributed by atoms with Crippen LogP contribution in [0.1, 0.15) is 21.5 Å². The molecule has 6 heteroatoms. The Kier molecular flexibility index (Phi) is 5.48. The molecule has 0 saturated heterocycles. The number of hydrogen-bond acceptors (Lipinski definition) is 3. The van der Waals surface area contributed by atoms with Crippen LogP contribution >= 0.6 is 0 Å². The lowest BCUT2D eigenvalue weighted by Crippen LogP contribution is -2.15. The molecule has 0 aliphatic carbocycles. The van der Waals surface area contributed by atoms with E-state index in [1.165, 1.54) is 24.3 Å². The van der Waals surface area contributed by atoms with Crippen molar-refractivity contribution in [2.45, 2.75) is 11.8 Å². The van der Waals surface area contributed by atoms with Gasteiger partial charge in [-0.3, -0.25) is 9.52 Å². The molecule has 2 N–H and O–H groups in total. The maximum absolute atomic E-state index is 12.6.